The van der Waals surface area contributed by atoms with E-state index >= 15 is 0 Å². The van der Waals surface area contributed by atoms with Crippen molar-refractivity contribution >= 4 is 5.97 Å². The van der Waals surface area contributed by atoms with E-state index < -0.39 is 18.0 Å². The lowest BCUT2D eigenvalue weighted by Crippen LogP contribution is -2.25. The maximum absolute atomic E-state index is 11.9. The van der Waals surface area contributed by atoms with Crippen LogP contribution >= 0.6 is 0 Å². The zero-order valence-corrected chi connectivity index (χ0v) is 11.4. The topological polar surface area (TPSA) is 46.5 Å². The van der Waals surface area contributed by atoms with E-state index in [0.29, 0.717) is 6.42 Å². The number of aliphatic hydroxyl groups excluding tert-OH is 1. The fraction of sp³-hybridized carbons (Fsp3) is 0.235. The average molecular weight is 270 g/mol. The number of hydrogen-bond donors (Lipinski definition) is 1. The number of benzene rings is 2. The minimum atomic E-state index is -0.871. The van der Waals surface area contributed by atoms with Crippen molar-refractivity contribution in [2.45, 2.75) is 12.5 Å². The van der Waals surface area contributed by atoms with E-state index in [2.05, 4.69) is 0 Å². The molecule has 0 amide bonds. The number of rotatable bonds is 5. The molecule has 0 unspecified atom stereocenters. The Morgan fingerprint density at radius 3 is 2.15 bits per heavy atom. The fourth-order valence-electron chi connectivity index (χ4n) is 2.23. The molecule has 0 spiro atoms. The van der Waals surface area contributed by atoms with Gasteiger partial charge in [-0.05, 0) is 17.5 Å². The van der Waals surface area contributed by atoms with E-state index in [1.54, 1.807) is 0 Å². The third kappa shape index (κ3) is 3.45. The zero-order chi connectivity index (χ0) is 14.4. The number of hydrogen-bond acceptors (Lipinski definition) is 3. The van der Waals surface area contributed by atoms with Gasteiger partial charge in [-0.2, -0.15) is 0 Å². The van der Waals surface area contributed by atoms with Gasteiger partial charge in [-0.3, -0.25) is 4.79 Å². The number of methoxy groups -OCH3 is 1. The number of ether oxygens (including phenoxy) is 1. The molecule has 0 aliphatic rings. The normalized spacial score (nSPS) is 13.5. The summed E-state index contributed by atoms with van der Waals surface area (Å²) in [5.74, 6) is -1.00. The first-order valence-electron chi connectivity index (χ1n) is 6.57. The van der Waals surface area contributed by atoms with E-state index in [0.717, 1.165) is 11.1 Å². The first-order valence-corrected chi connectivity index (χ1v) is 6.57. The van der Waals surface area contributed by atoms with Crippen LogP contribution in [0.3, 0.4) is 0 Å². The SMILES string of the molecule is COC(=O)[C@H](Cc1ccccc1)[C@H](O)c1ccccc1. The molecule has 0 aliphatic carbocycles. The highest BCUT2D eigenvalue weighted by molar-refractivity contribution is 5.73. The second-order valence-corrected chi connectivity index (χ2v) is 4.67. The van der Waals surface area contributed by atoms with Gasteiger partial charge in [-0.15, -0.1) is 0 Å². The average Bonchev–Trinajstić information content (AvgIpc) is 2.53. The molecule has 104 valence electrons. The van der Waals surface area contributed by atoms with Crippen LogP contribution < -0.4 is 0 Å². The molecule has 0 saturated carbocycles. The van der Waals surface area contributed by atoms with Gasteiger partial charge in [0, 0.05) is 0 Å². The van der Waals surface area contributed by atoms with Gasteiger partial charge in [-0.1, -0.05) is 60.7 Å². The van der Waals surface area contributed by atoms with Crippen molar-refractivity contribution in [1.29, 1.82) is 0 Å². The lowest BCUT2D eigenvalue weighted by molar-refractivity contribution is -0.149. The minimum absolute atomic E-state index is 0.398. The molecule has 0 aromatic heterocycles. The number of carbonyl (C=O) groups is 1. The fourth-order valence-corrected chi connectivity index (χ4v) is 2.23. The molecule has 0 saturated heterocycles. The minimum Gasteiger partial charge on any atom is -0.469 e. The van der Waals surface area contributed by atoms with Gasteiger partial charge in [0.2, 0.25) is 0 Å². The van der Waals surface area contributed by atoms with E-state index in [9.17, 15) is 9.90 Å². The molecule has 2 aromatic carbocycles. The first-order chi connectivity index (χ1) is 9.72. The Labute approximate surface area is 118 Å². The molecule has 2 aromatic rings. The van der Waals surface area contributed by atoms with Gasteiger partial charge in [0.25, 0.3) is 0 Å². The highest BCUT2D eigenvalue weighted by Gasteiger charge is 2.29. The predicted molar refractivity (Wildman–Crippen MR) is 77.1 cm³/mol. The highest BCUT2D eigenvalue weighted by Crippen LogP contribution is 2.26. The Kier molecular flexibility index (Phi) is 4.91. The van der Waals surface area contributed by atoms with Gasteiger partial charge in [-0.25, -0.2) is 0 Å². The number of carbonyl (C=O) groups excluding carboxylic acids is 1. The summed E-state index contributed by atoms with van der Waals surface area (Å²) in [6, 6.07) is 18.8. The molecule has 0 bridgehead atoms. The predicted octanol–water partition coefficient (Wildman–Crippen LogP) is 2.75. The van der Waals surface area contributed by atoms with Crippen LogP contribution in [0.1, 0.15) is 17.2 Å². The second-order valence-electron chi connectivity index (χ2n) is 4.67. The summed E-state index contributed by atoms with van der Waals surface area (Å²) >= 11 is 0. The molecule has 0 heterocycles. The molecule has 1 N–H and O–H groups in total. The Morgan fingerprint density at radius 2 is 1.60 bits per heavy atom. The largest absolute Gasteiger partial charge is 0.469 e. The summed E-state index contributed by atoms with van der Waals surface area (Å²) in [6.45, 7) is 0. The van der Waals surface area contributed by atoms with Gasteiger partial charge in [0.15, 0.2) is 0 Å². The zero-order valence-electron chi connectivity index (χ0n) is 11.4. The van der Waals surface area contributed by atoms with Crippen LogP contribution in [0.2, 0.25) is 0 Å². The van der Waals surface area contributed by atoms with Crippen LogP contribution in [0.25, 0.3) is 0 Å². The van der Waals surface area contributed by atoms with Crippen molar-refractivity contribution in [2.24, 2.45) is 5.92 Å². The molecular weight excluding hydrogens is 252 g/mol. The smallest absolute Gasteiger partial charge is 0.311 e. The maximum atomic E-state index is 11.9. The summed E-state index contributed by atoms with van der Waals surface area (Å²) < 4.78 is 4.83. The molecule has 3 heteroatoms. The van der Waals surface area contributed by atoms with Crippen molar-refractivity contribution < 1.29 is 14.6 Å². The Bertz CT molecular complexity index is 537. The van der Waals surface area contributed by atoms with Crippen LogP contribution in [-0.4, -0.2) is 18.2 Å². The highest BCUT2D eigenvalue weighted by atomic mass is 16.5. The van der Waals surface area contributed by atoms with Crippen LogP contribution in [0.15, 0.2) is 60.7 Å². The summed E-state index contributed by atoms with van der Waals surface area (Å²) in [6.07, 6.45) is -0.423. The van der Waals surface area contributed by atoms with Crippen molar-refractivity contribution in [2.75, 3.05) is 7.11 Å². The maximum Gasteiger partial charge on any atom is 0.311 e. The molecule has 3 nitrogen and oxygen atoms in total. The second kappa shape index (κ2) is 6.87. The Hall–Kier alpha value is -2.13. The quantitative estimate of drug-likeness (QED) is 0.850. The van der Waals surface area contributed by atoms with Crippen molar-refractivity contribution in [1.82, 2.24) is 0 Å². The lowest BCUT2D eigenvalue weighted by Gasteiger charge is -2.21. The van der Waals surface area contributed by atoms with Crippen LogP contribution in [0, 0.1) is 5.92 Å². The Morgan fingerprint density at radius 1 is 1.05 bits per heavy atom. The standard InChI is InChI=1S/C17H18O3/c1-20-17(19)15(12-13-8-4-2-5-9-13)16(18)14-10-6-3-7-11-14/h2-11,15-16,18H,12H2,1H3/t15-,16-/m1/s1. The van der Waals surface area contributed by atoms with E-state index in [1.807, 2.05) is 60.7 Å². The van der Waals surface area contributed by atoms with E-state index in [-0.39, 0.29) is 0 Å². The third-order valence-electron chi connectivity index (χ3n) is 3.32. The van der Waals surface area contributed by atoms with Crippen molar-refractivity contribution in [3.8, 4) is 0 Å². The van der Waals surface area contributed by atoms with Crippen LogP contribution in [-0.2, 0) is 16.0 Å². The van der Waals surface area contributed by atoms with Crippen LogP contribution in [0.5, 0.6) is 0 Å². The Balaban J connectivity index is 2.22. The summed E-state index contributed by atoms with van der Waals surface area (Å²) in [4.78, 5) is 11.9. The molecule has 2 rings (SSSR count). The molecule has 2 atom stereocenters. The van der Waals surface area contributed by atoms with Gasteiger partial charge >= 0.3 is 5.97 Å². The lowest BCUT2D eigenvalue weighted by atomic mass is 9.90. The van der Waals surface area contributed by atoms with Gasteiger partial charge in [0.05, 0.1) is 19.1 Å². The molecule has 0 aliphatic heterocycles. The molecule has 0 fully saturated rings. The number of esters is 1. The first kappa shape index (κ1) is 14.3. The van der Waals surface area contributed by atoms with Crippen molar-refractivity contribution in [3.63, 3.8) is 0 Å². The van der Waals surface area contributed by atoms with E-state index in [1.165, 1.54) is 7.11 Å². The summed E-state index contributed by atoms with van der Waals surface area (Å²) in [7, 11) is 1.35. The van der Waals surface area contributed by atoms with E-state index in [4.69, 9.17) is 4.74 Å². The number of aliphatic hydroxyl groups is 1. The summed E-state index contributed by atoms with van der Waals surface area (Å²) in [5, 5.41) is 10.4. The monoisotopic (exact) mass is 270 g/mol. The van der Waals surface area contributed by atoms with Gasteiger partial charge in [0.1, 0.15) is 0 Å². The third-order valence-corrected chi connectivity index (χ3v) is 3.32. The summed E-state index contributed by atoms with van der Waals surface area (Å²) in [5.41, 5.74) is 1.72. The molecule has 20 heavy (non-hydrogen) atoms. The molecule has 0 radical (unpaired) electrons. The van der Waals surface area contributed by atoms with Crippen molar-refractivity contribution in [3.05, 3.63) is 71.8 Å². The van der Waals surface area contributed by atoms with Crippen LogP contribution in [0.4, 0.5) is 0 Å². The molecular formula is C17H18O3. The van der Waals surface area contributed by atoms with Gasteiger partial charge < -0.3 is 9.84 Å².